The van der Waals surface area contributed by atoms with Gasteiger partial charge in [-0.2, -0.15) is 30.0 Å². The van der Waals surface area contributed by atoms with Gasteiger partial charge in [0.2, 0.25) is 0 Å². The molecule has 2 aromatic heterocycles. The standard InChI is InChI=1S/C17H19F3N4OS/c18-17(19,20)15-8-14(22-23-15)16(25)24(6-3-12-4-7-26-11-12)10-13-2-1-5-21-9-13/h1-2,5,8-9,12H,3-4,6-7,10-11H2,(H,22,23). The number of rotatable bonds is 6. The minimum Gasteiger partial charge on any atom is -0.333 e. The third kappa shape index (κ3) is 4.78. The van der Waals surface area contributed by atoms with E-state index >= 15 is 0 Å². The lowest BCUT2D eigenvalue weighted by atomic mass is 10.0. The first kappa shape index (κ1) is 18.8. The van der Waals surface area contributed by atoms with Gasteiger partial charge in [0.25, 0.3) is 5.91 Å². The van der Waals surface area contributed by atoms with E-state index in [-0.39, 0.29) is 5.69 Å². The molecule has 1 fully saturated rings. The zero-order valence-electron chi connectivity index (χ0n) is 14.0. The van der Waals surface area contributed by atoms with Crippen LogP contribution in [0.25, 0.3) is 0 Å². The summed E-state index contributed by atoms with van der Waals surface area (Å²) >= 11 is 1.89. The maximum absolute atomic E-state index is 12.8. The molecule has 1 N–H and O–H groups in total. The molecule has 3 heterocycles. The predicted octanol–water partition coefficient (Wildman–Crippen LogP) is 3.61. The highest BCUT2D eigenvalue weighted by Crippen LogP contribution is 2.29. The van der Waals surface area contributed by atoms with Gasteiger partial charge in [-0.05, 0) is 41.9 Å². The fourth-order valence-corrected chi connectivity index (χ4v) is 4.19. The van der Waals surface area contributed by atoms with Crippen molar-refractivity contribution in [3.05, 3.63) is 47.5 Å². The Morgan fingerprint density at radius 1 is 1.42 bits per heavy atom. The van der Waals surface area contributed by atoms with Gasteiger partial charge in [0.1, 0.15) is 5.69 Å². The van der Waals surface area contributed by atoms with E-state index in [1.165, 1.54) is 0 Å². The molecule has 9 heteroatoms. The first-order chi connectivity index (χ1) is 12.4. The molecule has 1 amide bonds. The van der Waals surface area contributed by atoms with Crippen molar-refractivity contribution < 1.29 is 18.0 Å². The van der Waals surface area contributed by atoms with Gasteiger partial charge >= 0.3 is 6.18 Å². The number of aromatic nitrogens is 3. The fraction of sp³-hybridized carbons (Fsp3) is 0.471. The van der Waals surface area contributed by atoms with Crippen LogP contribution in [0.1, 0.15) is 34.6 Å². The smallest absolute Gasteiger partial charge is 0.333 e. The van der Waals surface area contributed by atoms with Crippen LogP contribution in [0.4, 0.5) is 13.2 Å². The average molecular weight is 384 g/mol. The zero-order valence-corrected chi connectivity index (χ0v) is 14.8. The van der Waals surface area contributed by atoms with Crippen molar-refractivity contribution in [1.29, 1.82) is 0 Å². The lowest BCUT2D eigenvalue weighted by Gasteiger charge is -2.23. The third-order valence-corrected chi connectivity index (χ3v) is 5.55. The topological polar surface area (TPSA) is 61.9 Å². The number of hydrogen-bond acceptors (Lipinski definition) is 4. The Morgan fingerprint density at radius 2 is 2.27 bits per heavy atom. The van der Waals surface area contributed by atoms with Crippen molar-refractivity contribution in [2.45, 2.75) is 25.6 Å². The van der Waals surface area contributed by atoms with Gasteiger partial charge in [-0.1, -0.05) is 6.07 Å². The normalized spacial score (nSPS) is 17.4. The number of halogens is 3. The zero-order chi connectivity index (χ0) is 18.6. The molecule has 5 nitrogen and oxygen atoms in total. The Kier molecular flexibility index (Phi) is 5.85. The summed E-state index contributed by atoms with van der Waals surface area (Å²) in [5.41, 5.74) is -0.412. The summed E-state index contributed by atoms with van der Waals surface area (Å²) in [6.07, 6.45) is 0.669. The Hall–Kier alpha value is -2.03. The van der Waals surface area contributed by atoms with Gasteiger partial charge in [0.15, 0.2) is 5.69 Å². The summed E-state index contributed by atoms with van der Waals surface area (Å²) in [6, 6.07) is 4.37. The average Bonchev–Trinajstić information content (AvgIpc) is 3.30. The van der Waals surface area contributed by atoms with Gasteiger partial charge in [-0.3, -0.25) is 14.9 Å². The van der Waals surface area contributed by atoms with Crippen LogP contribution in [0.2, 0.25) is 0 Å². The number of thioether (sulfide) groups is 1. The summed E-state index contributed by atoms with van der Waals surface area (Å²) in [5.74, 6) is 2.21. The molecule has 2 aromatic rings. The Labute approximate surface area is 153 Å². The molecule has 0 spiro atoms. The largest absolute Gasteiger partial charge is 0.432 e. The number of H-pyrrole nitrogens is 1. The molecule has 0 aromatic carbocycles. The lowest BCUT2D eigenvalue weighted by Crippen LogP contribution is -2.33. The maximum Gasteiger partial charge on any atom is 0.432 e. The summed E-state index contributed by atoms with van der Waals surface area (Å²) in [6.45, 7) is 0.772. The van der Waals surface area contributed by atoms with Crippen molar-refractivity contribution in [1.82, 2.24) is 20.1 Å². The van der Waals surface area contributed by atoms with Crippen molar-refractivity contribution >= 4 is 17.7 Å². The second-order valence-electron chi connectivity index (χ2n) is 6.27. The van der Waals surface area contributed by atoms with Crippen LogP contribution < -0.4 is 0 Å². The Balaban J connectivity index is 1.74. The Bertz CT molecular complexity index is 729. The van der Waals surface area contributed by atoms with Crippen molar-refractivity contribution in [3.8, 4) is 0 Å². The molecule has 26 heavy (non-hydrogen) atoms. The van der Waals surface area contributed by atoms with E-state index in [4.69, 9.17) is 0 Å². The highest BCUT2D eigenvalue weighted by Gasteiger charge is 2.34. The number of aromatic amines is 1. The van der Waals surface area contributed by atoms with Crippen LogP contribution >= 0.6 is 11.8 Å². The molecule has 0 saturated carbocycles. The van der Waals surface area contributed by atoms with Crippen molar-refractivity contribution in [2.24, 2.45) is 5.92 Å². The summed E-state index contributed by atoms with van der Waals surface area (Å²) in [5, 5.41) is 5.47. The number of nitrogens with zero attached hydrogens (tertiary/aromatic N) is 3. The highest BCUT2D eigenvalue weighted by molar-refractivity contribution is 7.99. The SMILES string of the molecule is O=C(c1cc(C(F)(F)F)[nH]n1)N(CCC1CCSC1)Cc1cccnc1. The minimum absolute atomic E-state index is 0.220. The third-order valence-electron chi connectivity index (χ3n) is 4.32. The molecule has 1 aliphatic rings. The van der Waals surface area contributed by atoms with Crippen molar-refractivity contribution in [2.75, 3.05) is 18.1 Å². The van der Waals surface area contributed by atoms with Crippen LogP contribution in [0.3, 0.4) is 0 Å². The molecule has 140 valence electrons. The van der Waals surface area contributed by atoms with Crippen LogP contribution in [0, 0.1) is 5.92 Å². The van der Waals surface area contributed by atoms with E-state index in [9.17, 15) is 18.0 Å². The summed E-state index contributed by atoms with van der Waals surface area (Å²) in [4.78, 5) is 18.3. The van der Waals surface area contributed by atoms with Crippen LogP contribution in [-0.2, 0) is 12.7 Å². The first-order valence-corrected chi connectivity index (χ1v) is 9.47. The van der Waals surface area contributed by atoms with Gasteiger partial charge in [-0.15, -0.1) is 0 Å². The van der Waals surface area contributed by atoms with Gasteiger partial charge in [0.05, 0.1) is 0 Å². The molecule has 0 bridgehead atoms. The monoisotopic (exact) mass is 384 g/mol. The lowest BCUT2D eigenvalue weighted by molar-refractivity contribution is -0.141. The number of hydrogen-bond donors (Lipinski definition) is 1. The van der Waals surface area contributed by atoms with Gasteiger partial charge < -0.3 is 4.90 Å². The summed E-state index contributed by atoms with van der Waals surface area (Å²) < 4.78 is 38.3. The molecule has 1 atom stereocenters. The highest BCUT2D eigenvalue weighted by atomic mass is 32.2. The molecule has 0 aliphatic carbocycles. The number of carbonyl (C=O) groups excluding carboxylic acids is 1. The van der Waals surface area contributed by atoms with E-state index in [0.717, 1.165) is 36.0 Å². The van der Waals surface area contributed by atoms with Gasteiger partial charge in [-0.25, -0.2) is 0 Å². The molecule has 1 saturated heterocycles. The molecular formula is C17H19F3N4OS. The van der Waals surface area contributed by atoms with E-state index in [0.29, 0.717) is 19.0 Å². The number of amides is 1. The molecule has 1 unspecified atom stereocenters. The van der Waals surface area contributed by atoms with Crippen LogP contribution in [0.5, 0.6) is 0 Å². The van der Waals surface area contributed by atoms with Crippen LogP contribution in [-0.4, -0.2) is 44.0 Å². The summed E-state index contributed by atoms with van der Waals surface area (Å²) in [7, 11) is 0. The number of nitrogens with one attached hydrogen (secondary N) is 1. The van der Waals surface area contributed by atoms with E-state index in [1.54, 1.807) is 23.4 Å². The first-order valence-electron chi connectivity index (χ1n) is 8.32. The molecule has 3 rings (SSSR count). The number of alkyl halides is 3. The molecule has 0 radical (unpaired) electrons. The van der Waals surface area contributed by atoms with E-state index < -0.39 is 17.8 Å². The fourth-order valence-electron chi connectivity index (χ4n) is 2.85. The van der Waals surface area contributed by atoms with Crippen LogP contribution in [0.15, 0.2) is 30.6 Å². The van der Waals surface area contributed by atoms with E-state index in [1.807, 2.05) is 22.9 Å². The molecular weight excluding hydrogens is 365 g/mol. The quantitative estimate of drug-likeness (QED) is 0.827. The predicted molar refractivity (Wildman–Crippen MR) is 92.6 cm³/mol. The van der Waals surface area contributed by atoms with E-state index in [2.05, 4.69) is 10.1 Å². The number of carbonyl (C=O) groups is 1. The minimum atomic E-state index is -4.55. The second-order valence-corrected chi connectivity index (χ2v) is 7.42. The van der Waals surface area contributed by atoms with Gasteiger partial charge in [0, 0.05) is 31.5 Å². The Morgan fingerprint density at radius 3 is 2.88 bits per heavy atom. The number of pyridine rings is 1. The van der Waals surface area contributed by atoms with Crippen molar-refractivity contribution in [3.63, 3.8) is 0 Å². The molecule has 1 aliphatic heterocycles. The maximum atomic E-state index is 12.8. The second kappa shape index (κ2) is 8.11.